The maximum Gasteiger partial charge on any atom is 0.408 e. The summed E-state index contributed by atoms with van der Waals surface area (Å²) in [6, 6.07) is 7.25. The zero-order chi connectivity index (χ0) is 23.9. The molecule has 2 aromatic heterocycles. The molecule has 8 nitrogen and oxygen atoms in total. The van der Waals surface area contributed by atoms with Crippen molar-refractivity contribution in [3.05, 3.63) is 69.5 Å². The van der Waals surface area contributed by atoms with E-state index in [-0.39, 0.29) is 23.2 Å². The van der Waals surface area contributed by atoms with Gasteiger partial charge in [0.15, 0.2) is 0 Å². The summed E-state index contributed by atoms with van der Waals surface area (Å²) < 4.78 is 20.7. The maximum absolute atomic E-state index is 14.2. The highest BCUT2D eigenvalue weighted by Crippen LogP contribution is 2.38. The molecule has 0 unspecified atom stereocenters. The Morgan fingerprint density at radius 2 is 2.06 bits per heavy atom. The summed E-state index contributed by atoms with van der Waals surface area (Å²) in [5, 5.41) is 13.0. The second-order valence-electron chi connectivity index (χ2n) is 8.65. The number of pyridine rings is 2. The fourth-order valence-electron chi connectivity index (χ4n) is 3.63. The van der Waals surface area contributed by atoms with E-state index in [2.05, 4.69) is 10.3 Å². The Morgan fingerprint density at radius 1 is 1.30 bits per heavy atom. The molecular weight excluding hydrogens is 449 g/mol. The van der Waals surface area contributed by atoms with Crippen LogP contribution in [-0.2, 0) is 11.3 Å². The molecule has 2 N–H and O–H groups in total. The molecule has 1 aliphatic heterocycles. The van der Waals surface area contributed by atoms with Crippen LogP contribution in [0.25, 0.3) is 10.9 Å². The average Bonchev–Trinajstić information content (AvgIpc) is 3.12. The second kappa shape index (κ2) is 8.51. The number of halogens is 1. The Bertz CT molecular complexity index is 1330. The van der Waals surface area contributed by atoms with Crippen LogP contribution in [0.4, 0.5) is 9.18 Å². The van der Waals surface area contributed by atoms with Gasteiger partial charge in [0.05, 0.1) is 29.4 Å². The third kappa shape index (κ3) is 4.70. The molecule has 1 aliphatic rings. The molecule has 172 valence electrons. The predicted octanol–water partition coefficient (Wildman–Crippen LogP) is 3.95. The molecule has 1 atom stereocenters. The van der Waals surface area contributed by atoms with Gasteiger partial charge in [-0.15, -0.1) is 11.8 Å². The molecule has 0 bridgehead atoms. The summed E-state index contributed by atoms with van der Waals surface area (Å²) >= 11 is 1.19. The molecule has 0 fully saturated rings. The van der Waals surface area contributed by atoms with Crippen LogP contribution in [0.2, 0.25) is 0 Å². The lowest BCUT2D eigenvalue weighted by Gasteiger charge is -2.22. The molecule has 10 heteroatoms. The summed E-state index contributed by atoms with van der Waals surface area (Å²) in [5.41, 5.74) is -0.459. The monoisotopic (exact) mass is 471 g/mol. The number of carboxylic acids is 1. The number of hydrogen-bond donors (Lipinski definition) is 2. The van der Waals surface area contributed by atoms with Crippen molar-refractivity contribution in [3.63, 3.8) is 0 Å². The van der Waals surface area contributed by atoms with E-state index >= 15 is 0 Å². The van der Waals surface area contributed by atoms with E-state index in [0.717, 1.165) is 0 Å². The van der Waals surface area contributed by atoms with E-state index in [1.807, 2.05) is 0 Å². The van der Waals surface area contributed by atoms with Gasteiger partial charge in [-0.05, 0) is 32.9 Å². The number of fused-ring (bicyclic) bond motifs is 2. The Kier molecular flexibility index (Phi) is 5.87. The third-order valence-electron chi connectivity index (χ3n) is 4.99. The number of amides is 1. The zero-order valence-corrected chi connectivity index (χ0v) is 19.0. The Balaban J connectivity index is 1.73. The fourth-order valence-corrected chi connectivity index (χ4v) is 4.89. The molecule has 0 saturated carbocycles. The van der Waals surface area contributed by atoms with Crippen molar-refractivity contribution in [2.24, 2.45) is 0 Å². The van der Waals surface area contributed by atoms with Gasteiger partial charge in [-0.1, -0.05) is 18.2 Å². The van der Waals surface area contributed by atoms with Gasteiger partial charge in [-0.2, -0.15) is 0 Å². The molecule has 0 spiro atoms. The highest BCUT2D eigenvalue weighted by Gasteiger charge is 2.34. The number of nitrogens with one attached hydrogen (secondary N) is 1. The lowest BCUT2D eigenvalue weighted by molar-refractivity contribution is 0.0508. The molecule has 4 rings (SSSR count). The molecule has 1 aromatic carbocycles. The molecule has 3 aromatic rings. The topological polar surface area (TPSA) is 111 Å². The summed E-state index contributed by atoms with van der Waals surface area (Å²) in [4.78, 5) is 42.1. The third-order valence-corrected chi connectivity index (χ3v) is 6.22. The van der Waals surface area contributed by atoms with Crippen molar-refractivity contribution in [1.29, 1.82) is 0 Å². The van der Waals surface area contributed by atoms with Crippen molar-refractivity contribution in [1.82, 2.24) is 14.9 Å². The quantitative estimate of drug-likeness (QED) is 0.593. The standard InChI is InChI=1S/C23H22FN3O5S/c1-23(2,3)32-22(31)26-16-11-33-19-14(21(29)30)10-27(20(28)17(16)19)9-13-8-7-12-5-4-6-15(24)18(12)25-13/h4-8,10,16H,9,11H2,1-3H3,(H,26,31)(H,29,30)/t16-/m0/s1. The van der Waals surface area contributed by atoms with E-state index in [1.54, 1.807) is 45.0 Å². The van der Waals surface area contributed by atoms with Crippen LogP contribution in [0.15, 0.2) is 46.2 Å². The molecule has 0 aliphatic carbocycles. The van der Waals surface area contributed by atoms with Crippen LogP contribution in [0.5, 0.6) is 0 Å². The number of carboxylic acid groups (broad SMARTS) is 1. The van der Waals surface area contributed by atoms with Crippen molar-refractivity contribution in [2.45, 2.75) is 43.9 Å². The smallest absolute Gasteiger partial charge is 0.408 e. The van der Waals surface area contributed by atoms with Crippen molar-refractivity contribution < 1.29 is 23.8 Å². The van der Waals surface area contributed by atoms with Crippen LogP contribution in [0, 0.1) is 5.82 Å². The first-order valence-electron chi connectivity index (χ1n) is 10.2. The van der Waals surface area contributed by atoms with Gasteiger partial charge in [-0.3, -0.25) is 4.79 Å². The van der Waals surface area contributed by atoms with Gasteiger partial charge in [0.1, 0.15) is 16.9 Å². The van der Waals surface area contributed by atoms with Gasteiger partial charge in [0.25, 0.3) is 5.56 Å². The zero-order valence-electron chi connectivity index (χ0n) is 18.2. The number of ether oxygens (including phenoxy) is 1. The van der Waals surface area contributed by atoms with Crippen LogP contribution in [-0.4, -0.2) is 38.1 Å². The van der Waals surface area contributed by atoms with Crippen LogP contribution in [0.3, 0.4) is 0 Å². The van der Waals surface area contributed by atoms with Crippen LogP contribution < -0.4 is 10.9 Å². The fraction of sp³-hybridized carbons (Fsp3) is 0.304. The minimum Gasteiger partial charge on any atom is -0.478 e. The summed E-state index contributed by atoms with van der Waals surface area (Å²) in [7, 11) is 0. The lowest BCUT2D eigenvalue weighted by atomic mass is 10.1. The van der Waals surface area contributed by atoms with Gasteiger partial charge in [0.2, 0.25) is 0 Å². The number of thioether (sulfide) groups is 1. The lowest BCUT2D eigenvalue weighted by Crippen LogP contribution is -2.38. The van der Waals surface area contributed by atoms with E-state index in [4.69, 9.17) is 4.74 Å². The number of nitrogens with zero attached hydrogens (tertiary/aromatic N) is 2. The summed E-state index contributed by atoms with van der Waals surface area (Å²) in [6.45, 7) is 5.11. The maximum atomic E-state index is 14.2. The van der Waals surface area contributed by atoms with E-state index in [0.29, 0.717) is 21.7 Å². The minimum atomic E-state index is -1.19. The van der Waals surface area contributed by atoms with Gasteiger partial charge < -0.3 is 19.7 Å². The highest BCUT2D eigenvalue weighted by atomic mass is 32.2. The number of aromatic nitrogens is 2. The first-order valence-corrected chi connectivity index (χ1v) is 11.2. The second-order valence-corrected chi connectivity index (χ2v) is 9.68. The van der Waals surface area contributed by atoms with Crippen molar-refractivity contribution in [3.8, 4) is 0 Å². The Labute approximate surface area is 192 Å². The number of aromatic carboxylic acids is 1. The normalized spacial score (nSPS) is 15.3. The summed E-state index contributed by atoms with van der Waals surface area (Å²) in [6.07, 6.45) is 0.568. The van der Waals surface area contributed by atoms with Crippen LogP contribution >= 0.6 is 11.8 Å². The van der Waals surface area contributed by atoms with Gasteiger partial charge in [-0.25, -0.2) is 19.0 Å². The van der Waals surface area contributed by atoms with Gasteiger partial charge >= 0.3 is 12.1 Å². The first kappa shape index (κ1) is 22.8. The average molecular weight is 472 g/mol. The molecule has 33 heavy (non-hydrogen) atoms. The van der Waals surface area contributed by atoms with Crippen molar-refractivity contribution in [2.75, 3.05) is 5.75 Å². The van der Waals surface area contributed by atoms with Gasteiger partial charge in [0, 0.05) is 22.2 Å². The number of carbonyl (C=O) groups excluding carboxylic acids is 1. The number of alkyl carbamates (subject to hydrolysis) is 1. The van der Waals surface area contributed by atoms with E-state index in [1.165, 1.54) is 28.6 Å². The minimum absolute atomic E-state index is 0.0462. The van der Waals surface area contributed by atoms with E-state index < -0.39 is 35.1 Å². The summed E-state index contributed by atoms with van der Waals surface area (Å²) in [5.74, 6) is -1.38. The molecule has 0 radical (unpaired) electrons. The molecule has 3 heterocycles. The Morgan fingerprint density at radius 3 is 2.76 bits per heavy atom. The largest absolute Gasteiger partial charge is 0.478 e. The number of rotatable bonds is 4. The number of carbonyl (C=O) groups is 2. The SMILES string of the molecule is CC(C)(C)OC(=O)N[C@H]1CSc2c(C(=O)O)cn(Cc3ccc4cccc(F)c4n3)c(=O)c21. The van der Waals surface area contributed by atoms with E-state index in [9.17, 15) is 23.9 Å². The number of benzene rings is 1. The first-order chi connectivity index (χ1) is 15.5. The predicted molar refractivity (Wildman–Crippen MR) is 121 cm³/mol. The van der Waals surface area contributed by atoms with Crippen LogP contribution in [0.1, 0.15) is 48.4 Å². The number of para-hydroxylation sites is 1. The molecule has 1 amide bonds. The molecular formula is C23H22FN3O5S. The Hall–Kier alpha value is -3.40. The number of hydrogen-bond acceptors (Lipinski definition) is 6. The highest BCUT2D eigenvalue weighted by molar-refractivity contribution is 7.99. The van der Waals surface area contributed by atoms with Crippen molar-refractivity contribution >= 4 is 34.7 Å². The molecule has 0 saturated heterocycles.